The number of nitrogens with zero attached hydrogens (tertiary/aromatic N) is 1. The Balaban J connectivity index is 2.16. The van der Waals surface area contributed by atoms with Gasteiger partial charge in [-0.2, -0.15) is 0 Å². The molecule has 4 heteroatoms. The van der Waals surface area contributed by atoms with Gasteiger partial charge in [0, 0.05) is 13.1 Å². The SMILES string of the molecule is COC(=O)c1ccc(N2CCCCCCC2)c(N)c1. The third kappa shape index (κ3) is 3.40. The summed E-state index contributed by atoms with van der Waals surface area (Å²) in [4.78, 5) is 13.8. The van der Waals surface area contributed by atoms with E-state index in [0.717, 1.165) is 18.8 Å². The molecule has 0 aromatic heterocycles. The zero-order chi connectivity index (χ0) is 13.7. The normalized spacial score (nSPS) is 16.6. The average Bonchev–Trinajstić information content (AvgIpc) is 2.38. The first kappa shape index (κ1) is 13.7. The Kier molecular flexibility index (Phi) is 4.66. The van der Waals surface area contributed by atoms with Crippen LogP contribution in [0, 0.1) is 0 Å². The highest BCUT2D eigenvalue weighted by Gasteiger charge is 2.14. The molecule has 0 aliphatic carbocycles. The van der Waals surface area contributed by atoms with Crippen molar-refractivity contribution >= 4 is 17.3 Å². The molecule has 2 rings (SSSR count). The summed E-state index contributed by atoms with van der Waals surface area (Å²) >= 11 is 0. The molecule has 4 nitrogen and oxygen atoms in total. The lowest BCUT2D eigenvalue weighted by molar-refractivity contribution is 0.0601. The molecule has 0 unspecified atom stereocenters. The second kappa shape index (κ2) is 6.45. The topological polar surface area (TPSA) is 55.6 Å². The zero-order valence-electron chi connectivity index (χ0n) is 11.5. The molecule has 0 amide bonds. The van der Waals surface area contributed by atoms with Crippen molar-refractivity contribution in [3.63, 3.8) is 0 Å². The Morgan fingerprint density at radius 3 is 2.37 bits per heavy atom. The number of hydrogen-bond donors (Lipinski definition) is 1. The molecule has 0 saturated carbocycles. The fourth-order valence-electron chi connectivity index (χ4n) is 2.58. The van der Waals surface area contributed by atoms with E-state index >= 15 is 0 Å². The quantitative estimate of drug-likeness (QED) is 0.657. The first-order chi connectivity index (χ1) is 9.22. The smallest absolute Gasteiger partial charge is 0.337 e. The fraction of sp³-hybridized carbons (Fsp3) is 0.533. The lowest BCUT2D eigenvalue weighted by Crippen LogP contribution is -2.27. The van der Waals surface area contributed by atoms with Gasteiger partial charge < -0.3 is 15.4 Å². The largest absolute Gasteiger partial charge is 0.465 e. The standard InChI is InChI=1S/C15H22N2O2/c1-19-15(18)12-7-8-14(13(16)11-12)17-9-5-3-2-4-6-10-17/h7-8,11H,2-6,9-10,16H2,1H3. The number of carbonyl (C=O) groups is 1. The Hall–Kier alpha value is -1.71. The van der Waals surface area contributed by atoms with Gasteiger partial charge in [0.25, 0.3) is 0 Å². The minimum atomic E-state index is -0.342. The van der Waals surface area contributed by atoms with Crippen LogP contribution in [-0.2, 0) is 4.74 Å². The van der Waals surface area contributed by atoms with E-state index in [1.807, 2.05) is 6.07 Å². The maximum absolute atomic E-state index is 11.5. The Bertz CT molecular complexity index is 438. The summed E-state index contributed by atoms with van der Waals surface area (Å²) in [5, 5.41) is 0. The first-order valence-electron chi connectivity index (χ1n) is 6.95. The minimum Gasteiger partial charge on any atom is -0.465 e. The van der Waals surface area contributed by atoms with Gasteiger partial charge in [0.2, 0.25) is 0 Å². The van der Waals surface area contributed by atoms with E-state index in [4.69, 9.17) is 10.5 Å². The molecule has 2 N–H and O–H groups in total. The number of rotatable bonds is 2. The Morgan fingerprint density at radius 1 is 1.16 bits per heavy atom. The molecule has 1 saturated heterocycles. The molecular formula is C15H22N2O2. The number of nitrogen functional groups attached to an aromatic ring is 1. The van der Waals surface area contributed by atoms with Crippen molar-refractivity contribution in [2.75, 3.05) is 30.8 Å². The molecule has 0 atom stereocenters. The van der Waals surface area contributed by atoms with Gasteiger partial charge >= 0.3 is 5.97 Å². The fourth-order valence-corrected chi connectivity index (χ4v) is 2.58. The van der Waals surface area contributed by atoms with E-state index in [1.54, 1.807) is 12.1 Å². The zero-order valence-corrected chi connectivity index (χ0v) is 11.5. The summed E-state index contributed by atoms with van der Waals surface area (Å²) in [6, 6.07) is 5.43. The van der Waals surface area contributed by atoms with Gasteiger partial charge in [0.15, 0.2) is 0 Å². The summed E-state index contributed by atoms with van der Waals surface area (Å²) in [6.07, 6.45) is 6.33. The number of nitrogens with two attached hydrogens (primary N) is 1. The van der Waals surface area contributed by atoms with E-state index in [-0.39, 0.29) is 5.97 Å². The average molecular weight is 262 g/mol. The molecule has 1 aliphatic heterocycles. The van der Waals surface area contributed by atoms with E-state index in [2.05, 4.69) is 4.90 Å². The van der Waals surface area contributed by atoms with E-state index in [0.29, 0.717) is 11.3 Å². The predicted molar refractivity (Wildman–Crippen MR) is 77.5 cm³/mol. The van der Waals surface area contributed by atoms with E-state index < -0.39 is 0 Å². The lowest BCUT2D eigenvalue weighted by atomic mass is 10.1. The number of methoxy groups -OCH3 is 1. The van der Waals surface area contributed by atoms with Crippen LogP contribution in [0.5, 0.6) is 0 Å². The molecule has 19 heavy (non-hydrogen) atoms. The number of carbonyl (C=O) groups excluding carboxylic acids is 1. The number of ether oxygens (including phenoxy) is 1. The van der Waals surface area contributed by atoms with Crippen molar-refractivity contribution in [3.8, 4) is 0 Å². The summed E-state index contributed by atoms with van der Waals surface area (Å²) in [6.45, 7) is 2.09. The highest BCUT2D eigenvalue weighted by Crippen LogP contribution is 2.26. The molecule has 0 bridgehead atoms. The molecule has 104 valence electrons. The maximum Gasteiger partial charge on any atom is 0.337 e. The molecule has 1 aromatic carbocycles. The van der Waals surface area contributed by atoms with Gasteiger partial charge in [-0.15, -0.1) is 0 Å². The molecule has 1 aromatic rings. The minimum absolute atomic E-state index is 0.342. The number of anilines is 2. The van der Waals surface area contributed by atoms with Crippen molar-refractivity contribution in [2.45, 2.75) is 32.1 Å². The van der Waals surface area contributed by atoms with Crippen LogP contribution in [-0.4, -0.2) is 26.2 Å². The van der Waals surface area contributed by atoms with Crippen LogP contribution in [0.2, 0.25) is 0 Å². The van der Waals surface area contributed by atoms with Crippen molar-refractivity contribution in [1.82, 2.24) is 0 Å². The van der Waals surface area contributed by atoms with Crippen molar-refractivity contribution in [3.05, 3.63) is 23.8 Å². The van der Waals surface area contributed by atoms with Gasteiger partial charge in [-0.05, 0) is 31.0 Å². The Morgan fingerprint density at radius 2 is 1.79 bits per heavy atom. The number of hydrogen-bond acceptors (Lipinski definition) is 4. The van der Waals surface area contributed by atoms with Crippen LogP contribution < -0.4 is 10.6 Å². The van der Waals surface area contributed by atoms with Crippen molar-refractivity contribution in [2.24, 2.45) is 0 Å². The van der Waals surface area contributed by atoms with Crippen LogP contribution in [0.4, 0.5) is 11.4 Å². The summed E-state index contributed by atoms with van der Waals surface area (Å²) in [5.74, 6) is -0.342. The summed E-state index contributed by atoms with van der Waals surface area (Å²) in [5.41, 5.74) is 8.29. The second-order valence-electron chi connectivity index (χ2n) is 5.02. The van der Waals surface area contributed by atoms with Gasteiger partial charge in [-0.1, -0.05) is 19.3 Å². The first-order valence-corrected chi connectivity index (χ1v) is 6.95. The van der Waals surface area contributed by atoms with Crippen LogP contribution in [0.25, 0.3) is 0 Å². The third-order valence-corrected chi connectivity index (χ3v) is 3.65. The van der Waals surface area contributed by atoms with Gasteiger partial charge in [-0.25, -0.2) is 4.79 Å². The Labute approximate surface area is 114 Å². The summed E-state index contributed by atoms with van der Waals surface area (Å²) in [7, 11) is 1.38. The monoisotopic (exact) mass is 262 g/mol. The van der Waals surface area contributed by atoms with Crippen molar-refractivity contribution in [1.29, 1.82) is 0 Å². The number of benzene rings is 1. The molecule has 1 heterocycles. The van der Waals surface area contributed by atoms with Crippen LogP contribution in [0.15, 0.2) is 18.2 Å². The van der Waals surface area contributed by atoms with E-state index in [1.165, 1.54) is 39.2 Å². The van der Waals surface area contributed by atoms with Gasteiger partial charge in [-0.3, -0.25) is 0 Å². The van der Waals surface area contributed by atoms with Gasteiger partial charge in [0.1, 0.15) is 0 Å². The van der Waals surface area contributed by atoms with Crippen LogP contribution in [0.3, 0.4) is 0 Å². The van der Waals surface area contributed by atoms with Crippen LogP contribution in [0.1, 0.15) is 42.5 Å². The predicted octanol–water partition coefficient (Wildman–Crippen LogP) is 2.83. The highest BCUT2D eigenvalue weighted by molar-refractivity contribution is 5.91. The van der Waals surface area contributed by atoms with Crippen LogP contribution >= 0.6 is 0 Å². The molecule has 1 aliphatic rings. The highest BCUT2D eigenvalue weighted by atomic mass is 16.5. The molecule has 1 fully saturated rings. The molecular weight excluding hydrogens is 240 g/mol. The number of esters is 1. The van der Waals surface area contributed by atoms with Gasteiger partial charge in [0.05, 0.1) is 24.0 Å². The van der Waals surface area contributed by atoms with E-state index in [9.17, 15) is 4.79 Å². The summed E-state index contributed by atoms with van der Waals surface area (Å²) < 4.78 is 4.71. The third-order valence-electron chi connectivity index (χ3n) is 3.65. The molecule has 0 radical (unpaired) electrons. The second-order valence-corrected chi connectivity index (χ2v) is 5.02. The molecule has 0 spiro atoms. The lowest BCUT2D eigenvalue weighted by Gasteiger charge is -2.28. The van der Waals surface area contributed by atoms with Crippen molar-refractivity contribution < 1.29 is 9.53 Å². The maximum atomic E-state index is 11.5.